The molecule has 0 saturated carbocycles. The molecule has 2 rings (SSSR count). The SMILES string of the molecule is O=C(Cc1ccccc1)NCC(=O)Nc1c(Cl)cccc1Cl. The summed E-state index contributed by atoms with van der Waals surface area (Å²) in [7, 11) is 0. The van der Waals surface area contributed by atoms with E-state index in [1.165, 1.54) is 0 Å². The van der Waals surface area contributed by atoms with E-state index in [0.717, 1.165) is 5.56 Å². The van der Waals surface area contributed by atoms with Crippen molar-refractivity contribution in [1.29, 1.82) is 0 Å². The highest BCUT2D eigenvalue weighted by atomic mass is 35.5. The van der Waals surface area contributed by atoms with Crippen molar-refractivity contribution in [2.24, 2.45) is 0 Å². The van der Waals surface area contributed by atoms with E-state index in [1.54, 1.807) is 18.2 Å². The van der Waals surface area contributed by atoms with Gasteiger partial charge in [0.1, 0.15) is 0 Å². The lowest BCUT2D eigenvalue weighted by molar-refractivity contribution is -0.123. The Labute approximate surface area is 138 Å². The number of halogens is 2. The van der Waals surface area contributed by atoms with Gasteiger partial charge in [0.05, 0.1) is 28.7 Å². The van der Waals surface area contributed by atoms with Crippen LogP contribution < -0.4 is 10.6 Å². The molecule has 0 radical (unpaired) electrons. The van der Waals surface area contributed by atoms with Crippen LogP contribution in [-0.4, -0.2) is 18.4 Å². The number of para-hydroxylation sites is 1. The van der Waals surface area contributed by atoms with Gasteiger partial charge in [-0.15, -0.1) is 0 Å². The average molecular weight is 337 g/mol. The summed E-state index contributed by atoms with van der Waals surface area (Å²) in [6.07, 6.45) is 0.223. The van der Waals surface area contributed by atoms with E-state index in [0.29, 0.717) is 15.7 Å². The van der Waals surface area contributed by atoms with E-state index in [-0.39, 0.29) is 18.9 Å². The van der Waals surface area contributed by atoms with Crippen LogP contribution in [0.3, 0.4) is 0 Å². The fourth-order valence-corrected chi connectivity index (χ4v) is 2.32. The Balaban J connectivity index is 1.84. The standard InChI is InChI=1S/C16H14Cl2N2O2/c17-12-7-4-8-13(18)16(12)20-15(22)10-19-14(21)9-11-5-2-1-3-6-11/h1-8H,9-10H2,(H,19,21)(H,20,22). The maximum atomic E-state index is 11.8. The summed E-state index contributed by atoms with van der Waals surface area (Å²) in [5.41, 5.74) is 1.22. The predicted molar refractivity (Wildman–Crippen MR) is 88.2 cm³/mol. The van der Waals surface area contributed by atoms with E-state index in [4.69, 9.17) is 23.2 Å². The van der Waals surface area contributed by atoms with Gasteiger partial charge < -0.3 is 10.6 Å². The molecule has 0 aliphatic rings. The lowest BCUT2D eigenvalue weighted by atomic mass is 10.1. The number of hydrogen-bond acceptors (Lipinski definition) is 2. The molecule has 0 saturated heterocycles. The van der Waals surface area contributed by atoms with Gasteiger partial charge in [-0.3, -0.25) is 9.59 Å². The van der Waals surface area contributed by atoms with Crippen LogP contribution >= 0.6 is 23.2 Å². The minimum absolute atomic E-state index is 0.146. The average Bonchev–Trinajstić information content (AvgIpc) is 2.50. The molecule has 6 heteroatoms. The van der Waals surface area contributed by atoms with Gasteiger partial charge in [0.2, 0.25) is 11.8 Å². The molecule has 2 aromatic carbocycles. The summed E-state index contributed by atoms with van der Waals surface area (Å²) < 4.78 is 0. The summed E-state index contributed by atoms with van der Waals surface area (Å²) in [4.78, 5) is 23.6. The molecule has 0 aromatic heterocycles. The summed E-state index contributed by atoms with van der Waals surface area (Å²) in [6, 6.07) is 14.2. The Morgan fingerprint density at radius 2 is 1.50 bits per heavy atom. The van der Waals surface area contributed by atoms with Crippen molar-refractivity contribution in [3.8, 4) is 0 Å². The quantitative estimate of drug-likeness (QED) is 0.880. The summed E-state index contributed by atoms with van der Waals surface area (Å²) in [5, 5.41) is 5.82. The monoisotopic (exact) mass is 336 g/mol. The van der Waals surface area contributed by atoms with Crippen molar-refractivity contribution in [2.45, 2.75) is 6.42 Å². The first kappa shape index (κ1) is 16.3. The summed E-state index contributed by atoms with van der Waals surface area (Å²) >= 11 is 11.9. The molecule has 2 N–H and O–H groups in total. The molecule has 0 heterocycles. The van der Waals surface area contributed by atoms with Gasteiger partial charge in [-0.05, 0) is 17.7 Å². The van der Waals surface area contributed by atoms with Gasteiger partial charge in [0.25, 0.3) is 0 Å². The van der Waals surface area contributed by atoms with Gasteiger partial charge in [-0.25, -0.2) is 0 Å². The highest BCUT2D eigenvalue weighted by molar-refractivity contribution is 6.39. The molecule has 22 heavy (non-hydrogen) atoms. The molecule has 0 unspecified atom stereocenters. The van der Waals surface area contributed by atoms with Gasteiger partial charge in [-0.2, -0.15) is 0 Å². The topological polar surface area (TPSA) is 58.2 Å². The van der Waals surface area contributed by atoms with E-state index in [1.807, 2.05) is 30.3 Å². The predicted octanol–water partition coefficient (Wildman–Crippen LogP) is 3.29. The Hall–Kier alpha value is -2.04. The van der Waals surface area contributed by atoms with Crippen molar-refractivity contribution < 1.29 is 9.59 Å². The normalized spacial score (nSPS) is 10.1. The van der Waals surface area contributed by atoms with Crippen molar-refractivity contribution in [3.63, 3.8) is 0 Å². The lowest BCUT2D eigenvalue weighted by Gasteiger charge is -2.10. The van der Waals surface area contributed by atoms with Crippen LogP contribution in [0.4, 0.5) is 5.69 Å². The number of amides is 2. The van der Waals surface area contributed by atoms with Crippen LogP contribution in [0.15, 0.2) is 48.5 Å². The van der Waals surface area contributed by atoms with Crippen LogP contribution in [-0.2, 0) is 16.0 Å². The van der Waals surface area contributed by atoms with Gasteiger partial charge >= 0.3 is 0 Å². The van der Waals surface area contributed by atoms with Crippen molar-refractivity contribution in [2.75, 3.05) is 11.9 Å². The van der Waals surface area contributed by atoms with E-state index in [9.17, 15) is 9.59 Å². The smallest absolute Gasteiger partial charge is 0.243 e. The van der Waals surface area contributed by atoms with Crippen LogP contribution in [0.1, 0.15) is 5.56 Å². The Morgan fingerprint density at radius 1 is 0.864 bits per heavy atom. The molecular weight excluding hydrogens is 323 g/mol. The molecule has 0 spiro atoms. The molecule has 0 bridgehead atoms. The van der Waals surface area contributed by atoms with Crippen LogP contribution in [0.5, 0.6) is 0 Å². The van der Waals surface area contributed by atoms with Gasteiger partial charge in [0.15, 0.2) is 0 Å². The van der Waals surface area contributed by atoms with Crippen LogP contribution in [0.2, 0.25) is 10.0 Å². The molecule has 0 fully saturated rings. The summed E-state index contributed by atoms with van der Waals surface area (Å²) in [6.45, 7) is -0.146. The number of nitrogens with one attached hydrogen (secondary N) is 2. The maximum absolute atomic E-state index is 11.8. The van der Waals surface area contributed by atoms with E-state index in [2.05, 4.69) is 10.6 Å². The third kappa shape index (κ3) is 4.76. The molecule has 0 aliphatic carbocycles. The molecular formula is C16H14Cl2N2O2. The number of benzene rings is 2. The Bertz CT molecular complexity index is 655. The number of carbonyl (C=O) groups excluding carboxylic acids is 2. The minimum atomic E-state index is -0.392. The highest BCUT2D eigenvalue weighted by Crippen LogP contribution is 2.29. The van der Waals surface area contributed by atoms with Crippen molar-refractivity contribution >= 4 is 40.7 Å². The third-order valence-electron chi connectivity index (χ3n) is 2.88. The van der Waals surface area contributed by atoms with E-state index < -0.39 is 5.91 Å². The number of hydrogen-bond donors (Lipinski definition) is 2. The highest BCUT2D eigenvalue weighted by Gasteiger charge is 2.11. The van der Waals surface area contributed by atoms with Crippen molar-refractivity contribution in [1.82, 2.24) is 5.32 Å². The fraction of sp³-hybridized carbons (Fsp3) is 0.125. The zero-order valence-corrected chi connectivity index (χ0v) is 13.1. The Morgan fingerprint density at radius 3 is 2.14 bits per heavy atom. The number of rotatable bonds is 5. The van der Waals surface area contributed by atoms with Crippen LogP contribution in [0, 0.1) is 0 Å². The molecule has 0 atom stereocenters. The van der Waals surface area contributed by atoms with Crippen LogP contribution in [0.25, 0.3) is 0 Å². The first-order valence-electron chi connectivity index (χ1n) is 6.61. The fourth-order valence-electron chi connectivity index (χ4n) is 1.82. The largest absolute Gasteiger partial charge is 0.347 e. The first-order chi connectivity index (χ1) is 10.6. The molecule has 2 aromatic rings. The lowest BCUT2D eigenvalue weighted by Crippen LogP contribution is -2.33. The second kappa shape index (κ2) is 7.82. The maximum Gasteiger partial charge on any atom is 0.243 e. The zero-order chi connectivity index (χ0) is 15.9. The van der Waals surface area contributed by atoms with Gasteiger partial charge in [0, 0.05) is 0 Å². The summed E-state index contributed by atoms with van der Waals surface area (Å²) in [5.74, 6) is -0.622. The first-order valence-corrected chi connectivity index (χ1v) is 7.36. The third-order valence-corrected chi connectivity index (χ3v) is 3.51. The number of anilines is 1. The van der Waals surface area contributed by atoms with Gasteiger partial charge in [-0.1, -0.05) is 59.6 Å². The molecule has 4 nitrogen and oxygen atoms in total. The second-order valence-corrected chi connectivity index (χ2v) is 5.40. The second-order valence-electron chi connectivity index (χ2n) is 4.58. The van der Waals surface area contributed by atoms with E-state index >= 15 is 0 Å². The molecule has 114 valence electrons. The zero-order valence-electron chi connectivity index (χ0n) is 11.6. The number of carbonyl (C=O) groups is 2. The Kier molecular flexibility index (Phi) is 5.81. The molecule has 2 amide bonds. The van der Waals surface area contributed by atoms with Crippen molar-refractivity contribution in [3.05, 3.63) is 64.1 Å². The molecule has 0 aliphatic heterocycles. The minimum Gasteiger partial charge on any atom is -0.347 e.